The topological polar surface area (TPSA) is 72.5 Å². The Balaban J connectivity index is 4.03. The van der Waals surface area contributed by atoms with Gasteiger partial charge < -0.3 is 15.6 Å². The van der Waals surface area contributed by atoms with Gasteiger partial charge in [0.1, 0.15) is 0 Å². The van der Waals surface area contributed by atoms with Gasteiger partial charge in [-0.15, -0.1) is 0 Å². The summed E-state index contributed by atoms with van der Waals surface area (Å²) in [5.74, 6) is -0.278. The maximum Gasteiger partial charge on any atom is 0.336 e. The van der Waals surface area contributed by atoms with E-state index in [1.807, 2.05) is 13.8 Å². The lowest BCUT2D eigenvalue weighted by Gasteiger charge is -2.20. The highest BCUT2D eigenvalue weighted by Gasteiger charge is 2.25. The highest BCUT2D eigenvalue weighted by atomic mass is 16.6. The summed E-state index contributed by atoms with van der Waals surface area (Å²) < 4.78 is 4.85. The summed E-state index contributed by atoms with van der Waals surface area (Å²) in [5, 5.41) is 9.48. The first-order valence-corrected chi connectivity index (χ1v) is 4.98. The third kappa shape index (κ3) is 5.19. The van der Waals surface area contributed by atoms with Crippen molar-refractivity contribution in [3.05, 3.63) is 0 Å². The maximum absolute atomic E-state index is 11.2. The second-order valence-corrected chi connectivity index (χ2v) is 4.22. The van der Waals surface area contributed by atoms with E-state index in [-0.39, 0.29) is 6.10 Å². The summed E-state index contributed by atoms with van der Waals surface area (Å²) in [5.41, 5.74) is 5.64. The van der Waals surface area contributed by atoms with Crippen LogP contribution in [-0.4, -0.2) is 29.3 Å². The predicted octanol–water partition coefficient (Wildman–Crippen LogP) is 0.672. The van der Waals surface area contributed by atoms with E-state index in [0.29, 0.717) is 12.3 Å². The van der Waals surface area contributed by atoms with Crippen LogP contribution in [-0.2, 0) is 9.53 Å². The molecule has 0 rings (SSSR count). The molecule has 0 spiro atoms. The number of hydrogen-bond donors (Lipinski definition) is 2. The molecule has 0 unspecified atom stereocenters. The van der Waals surface area contributed by atoms with Gasteiger partial charge in [0.05, 0.1) is 6.10 Å². The van der Waals surface area contributed by atoms with Crippen LogP contribution >= 0.6 is 0 Å². The Morgan fingerprint density at radius 1 is 1.36 bits per heavy atom. The van der Waals surface area contributed by atoms with E-state index in [1.54, 1.807) is 13.8 Å². The number of nitrogens with two attached hydrogens (primary N) is 1. The zero-order valence-corrected chi connectivity index (χ0v) is 9.36. The molecule has 0 amide bonds. The molecule has 0 aliphatic rings. The third-order valence-electron chi connectivity index (χ3n) is 1.74. The summed E-state index contributed by atoms with van der Waals surface area (Å²) >= 11 is 0. The molecule has 0 bridgehead atoms. The minimum Gasteiger partial charge on any atom is -0.461 e. The lowest BCUT2D eigenvalue weighted by molar-refractivity contribution is -0.158. The number of carbonyl (C=O) groups is 1. The molecule has 0 aliphatic carbocycles. The highest BCUT2D eigenvalue weighted by molar-refractivity contribution is 5.75. The van der Waals surface area contributed by atoms with Crippen LogP contribution in [0.5, 0.6) is 0 Å². The number of hydrogen-bond acceptors (Lipinski definition) is 4. The standard InChI is InChI=1S/C10H21NO3/c1-6(2)5-8(11)9(12)10(13)14-7(3)4/h6-9,12H,5,11H2,1-4H3/t8-,9+/m0/s1. The van der Waals surface area contributed by atoms with E-state index in [4.69, 9.17) is 10.5 Å². The van der Waals surface area contributed by atoms with Gasteiger partial charge in [-0.3, -0.25) is 0 Å². The van der Waals surface area contributed by atoms with Gasteiger partial charge in [-0.05, 0) is 26.2 Å². The maximum atomic E-state index is 11.2. The zero-order chi connectivity index (χ0) is 11.3. The molecule has 0 saturated carbocycles. The molecule has 2 atom stereocenters. The molecule has 14 heavy (non-hydrogen) atoms. The Bertz CT molecular complexity index is 180. The Morgan fingerprint density at radius 2 is 1.86 bits per heavy atom. The van der Waals surface area contributed by atoms with Crippen LogP contribution in [0, 0.1) is 5.92 Å². The van der Waals surface area contributed by atoms with Crippen molar-refractivity contribution >= 4 is 5.97 Å². The molecule has 0 aliphatic heterocycles. The molecule has 4 nitrogen and oxygen atoms in total. The fourth-order valence-corrected chi connectivity index (χ4v) is 1.15. The van der Waals surface area contributed by atoms with Crippen molar-refractivity contribution in [2.75, 3.05) is 0 Å². The average molecular weight is 203 g/mol. The lowest BCUT2D eigenvalue weighted by atomic mass is 10.0. The van der Waals surface area contributed by atoms with Crippen LogP contribution in [0.25, 0.3) is 0 Å². The van der Waals surface area contributed by atoms with Gasteiger partial charge in [-0.2, -0.15) is 0 Å². The SMILES string of the molecule is CC(C)C[C@H](N)[C@@H](O)C(=O)OC(C)C. The minimum absolute atomic E-state index is 0.219. The summed E-state index contributed by atoms with van der Waals surface area (Å²) in [6, 6.07) is -0.541. The monoisotopic (exact) mass is 203 g/mol. The van der Waals surface area contributed by atoms with Crippen molar-refractivity contribution in [2.24, 2.45) is 11.7 Å². The van der Waals surface area contributed by atoms with Gasteiger partial charge in [0, 0.05) is 6.04 Å². The molecule has 4 heteroatoms. The van der Waals surface area contributed by atoms with Crippen LogP contribution < -0.4 is 5.73 Å². The van der Waals surface area contributed by atoms with Gasteiger partial charge in [-0.25, -0.2) is 4.79 Å². The zero-order valence-electron chi connectivity index (χ0n) is 9.36. The summed E-state index contributed by atoms with van der Waals surface area (Å²) in [6.45, 7) is 7.44. The Kier molecular flexibility index (Phi) is 5.72. The number of rotatable bonds is 5. The minimum atomic E-state index is -1.21. The van der Waals surface area contributed by atoms with Crippen molar-refractivity contribution in [1.29, 1.82) is 0 Å². The molecule has 84 valence electrons. The smallest absolute Gasteiger partial charge is 0.336 e. The van der Waals surface area contributed by atoms with Crippen LogP contribution in [0.1, 0.15) is 34.1 Å². The third-order valence-corrected chi connectivity index (χ3v) is 1.74. The summed E-state index contributed by atoms with van der Waals surface area (Å²) in [4.78, 5) is 11.2. The van der Waals surface area contributed by atoms with Gasteiger partial charge in [0.15, 0.2) is 6.10 Å². The first-order valence-electron chi connectivity index (χ1n) is 4.98. The largest absolute Gasteiger partial charge is 0.461 e. The van der Waals surface area contributed by atoms with Crippen molar-refractivity contribution in [2.45, 2.75) is 52.4 Å². The molecule has 0 heterocycles. The number of esters is 1. The quantitative estimate of drug-likeness (QED) is 0.644. The Labute approximate surface area is 85.4 Å². The average Bonchev–Trinajstić information content (AvgIpc) is 2.00. The van der Waals surface area contributed by atoms with Crippen LogP contribution in [0.4, 0.5) is 0 Å². The molecule has 0 fully saturated rings. The van der Waals surface area contributed by atoms with Crippen molar-refractivity contribution < 1.29 is 14.6 Å². The van der Waals surface area contributed by atoms with Gasteiger partial charge >= 0.3 is 5.97 Å². The van der Waals surface area contributed by atoms with Gasteiger partial charge in [-0.1, -0.05) is 13.8 Å². The van der Waals surface area contributed by atoms with Crippen molar-refractivity contribution in [3.8, 4) is 0 Å². The Hall–Kier alpha value is -0.610. The molecular formula is C10H21NO3. The summed E-state index contributed by atoms with van der Waals surface area (Å²) in [7, 11) is 0. The van der Waals surface area contributed by atoms with Crippen molar-refractivity contribution in [1.82, 2.24) is 0 Å². The van der Waals surface area contributed by atoms with Crippen LogP contribution in [0.3, 0.4) is 0 Å². The number of aliphatic hydroxyl groups is 1. The highest BCUT2D eigenvalue weighted by Crippen LogP contribution is 2.08. The van der Waals surface area contributed by atoms with E-state index in [0.717, 1.165) is 0 Å². The predicted molar refractivity (Wildman–Crippen MR) is 54.7 cm³/mol. The van der Waals surface area contributed by atoms with E-state index in [9.17, 15) is 9.90 Å². The van der Waals surface area contributed by atoms with Crippen LogP contribution in [0.2, 0.25) is 0 Å². The summed E-state index contributed by atoms with van der Waals surface area (Å²) in [6.07, 6.45) is -0.822. The van der Waals surface area contributed by atoms with E-state index < -0.39 is 18.1 Å². The van der Waals surface area contributed by atoms with Gasteiger partial charge in [0.2, 0.25) is 0 Å². The molecule has 3 N–H and O–H groups in total. The molecule has 0 aromatic heterocycles. The number of ether oxygens (including phenoxy) is 1. The second-order valence-electron chi connectivity index (χ2n) is 4.22. The molecule has 0 saturated heterocycles. The van der Waals surface area contributed by atoms with Crippen LogP contribution in [0.15, 0.2) is 0 Å². The Morgan fingerprint density at radius 3 is 2.21 bits per heavy atom. The second kappa shape index (κ2) is 5.98. The van der Waals surface area contributed by atoms with E-state index in [2.05, 4.69) is 0 Å². The van der Waals surface area contributed by atoms with E-state index in [1.165, 1.54) is 0 Å². The molecule has 0 aromatic carbocycles. The molecule has 0 aromatic rings. The van der Waals surface area contributed by atoms with Gasteiger partial charge in [0.25, 0.3) is 0 Å². The fraction of sp³-hybridized carbons (Fsp3) is 0.900. The first kappa shape index (κ1) is 13.4. The van der Waals surface area contributed by atoms with Crippen molar-refractivity contribution in [3.63, 3.8) is 0 Å². The lowest BCUT2D eigenvalue weighted by Crippen LogP contribution is -2.42. The molecule has 0 radical (unpaired) electrons. The first-order chi connectivity index (χ1) is 6.34. The normalized spacial score (nSPS) is 15.7. The fourth-order valence-electron chi connectivity index (χ4n) is 1.15. The van der Waals surface area contributed by atoms with E-state index >= 15 is 0 Å². The number of carbonyl (C=O) groups excluding carboxylic acids is 1. The number of aliphatic hydroxyl groups excluding tert-OH is 1. The molecular weight excluding hydrogens is 182 g/mol.